The number of anilines is 1. The van der Waals surface area contributed by atoms with E-state index in [-0.39, 0.29) is 5.97 Å². The van der Waals surface area contributed by atoms with Crippen LogP contribution in [0.3, 0.4) is 0 Å². The van der Waals surface area contributed by atoms with Crippen LogP contribution in [0.25, 0.3) is 5.78 Å². The van der Waals surface area contributed by atoms with Crippen LogP contribution in [0, 0.1) is 6.92 Å². The third kappa shape index (κ3) is 4.36. The molecule has 1 atom stereocenters. The van der Waals surface area contributed by atoms with Gasteiger partial charge < -0.3 is 10.1 Å². The van der Waals surface area contributed by atoms with Crippen LogP contribution in [-0.4, -0.2) is 37.2 Å². The van der Waals surface area contributed by atoms with Crippen LogP contribution in [0.1, 0.15) is 32.0 Å². The van der Waals surface area contributed by atoms with E-state index in [4.69, 9.17) is 4.74 Å². The van der Waals surface area contributed by atoms with Crippen LogP contribution in [0.2, 0.25) is 0 Å². The monoisotopic (exact) mass is 353 g/mol. The van der Waals surface area contributed by atoms with Gasteiger partial charge in [-0.2, -0.15) is 14.6 Å². The van der Waals surface area contributed by atoms with Crippen molar-refractivity contribution in [3.8, 4) is 0 Å². The molecule has 26 heavy (non-hydrogen) atoms. The zero-order chi connectivity index (χ0) is 18.7. The Kier molecular flexibility index (Phi) is 4.88. The quantitative estimate of drug-likeness (QED) is 0.710. The number of carbonyl (C=O) groups excluding carboxylic acids is 1. The SMILES string of the molecule is Cc1cc(NC(Cc2ccccc2)C(=O)OC(C)(C)C)n2ncnc2n1. The van der Waals surface area contributed by atoms with Crippen LogP contribution in [0.4, 0.5) is 5.82 Å². The molecule has 0 spiro atoms. The fourth-order valence-corrected chi connectivity index (χ4v) is 2.63. The highest BCUT2D eigenvalue weighted by Gasteiger charge is 2.26. The second-order valence-electron chi connectivity index (χ2n) is 7.17. The lowest BCUT2D eigenvalue weighted by molar-refractivity contribution is -0.155. The van der Waals surface area contributed by atoms with Crippen molar-refractivity contribution >= 4 is 17.6 Å². The van der Waals surface area contributed by atoms with E-state index in [1.807, 2.05) is 64.1 Å². The standard InChI is InChI=1S/C19H23N5O2/c1-13-10-16(24-18(22-13)20-12-21-24)23-15(17(25)26-19(2,3)4)11-14-8-6-5-7-9-14/h5-10,12,15,23H,11H2,1-4H3. The molecule has 3 aromatic rings. The number of hydrogen-bond donors (Lipinski definition) is 1. The number of benzene rings is 1. The molecule has 7 heteroatoms. The van der Waals surface area contributed by atoms with Crippen LogP contribution in [0.5, 0.6) is 0 Å². The number of carbonyl (C=O) groups is 1. The number of ether oxygens (including phenoxy) is 1. The van der Waals surface area contributed by atoms with Gasteiger partial charge in [-0.05, 0) is 33.3 Å². The Balaban J connectivity index is 1.91. The van der Waals surface area contributed by atoms with Gasteiger partial charge in [0.05, 0.1) is 0 Å². The highest BCUT2D eigenvalue weighted by Crippen LogP contribution is 2.17. The molecule has 1 N–H and O–H groups in total. The Labute approximate surface area is 152 Å². The highest BCUT2D eigenvalue weighted by atomic mass is 16.6. The van der Waals surface area contributed by atoms with Crippen molar-refractivity contribution < 1.29 is 9.53 Å². The first-order valence-corrected chi connectivity index (χ1v) is 8.52. The van der Waals surface area contributed by atoms with Gasteiger partial charge in [-0.25, -0.2) is 9.78 Å². The molecule has 0 saturated carbocycles. The predicted octanol–water partition coefficient (Wildman–Crippen LogP) is 2.80. The molecular weight excluding hydrogens is 330 g/mol. The highest BCUT2D eigenvalue weighted by molar-refractivity contribution is 5.80. The van der Waals surface area contributed by atoms with Crippen molar-refractivity contribution in [1.82, 2.24) is 19.6 Å². The summed E-state index contributed by atoms with van der Waals surface area (Å²) in [4.78, 5) is 21.2. The van der Waals surface area contributed by atoms with Crippen LogP contribution in [0.15, 0.2) is 42.7 Å². The van der Waals surface area contributed by atoms with E-state index in [2.05, 4.69) is 20.4 Å². The molecule has 0 aliphatic rings. The van der Waals surface area contributed by atoms with E-state index in [0.29, 0.717) is 18.0 Å². The van der Waals surface area contributed by atoms with Gasteiger partial charge in [-0.15, -0.1) is 0 Å². The number of esters is 1. The van der Waals surface area contributed by atoms with Gasteiger partial charge in [-0.1, -0.05) is 30.3 Å². The van der Waals surface area contributed by atoms with E-state index in [1.54, 1.807) is 4.52 Å². The maximum absolute atomic E-state index is 12.8. The van der Waals surface area contributed by atoms with E-state index >= 15 is 0 Å². The Bertz CT molecular complexity index is 899. The van der Waals surface area contributed by atoms with E-state index in [0.717, 1.165) is 11.3 Å². The molecule has 0 radical (unpaired) electrons. The Hall–Kier alpha value is -2.96. The lowest BCUT2D eigenvalue weighted by Gasteiger charge is -2.25. The molecule has 0 fully saturated rings. The first-order valence-electron chi connectivity index (χ1n) is 8.52. The van der Waals surface area contributed by atoms with Crippen LogP contribution >= 0.6 is 0 Å². The number of aromatic nitrogens is 4. The molecule has 0 aliphatic heterocycles. The number of nitrogens with zero attached hydrogens (tertiary/aromatic N) is 4. The second kappa shape index (κ2) is 7.11. The van der Waals surface area contributed by atoms with E-state index in [9.17, 15) is 4.79 Å². The summed E-state index contributed by atoms with van der Waals surface area (Å²) in [7, 11) is 0. The topological polar surface area (TPSA) is 81.4 Å². The smallest absolute Gasteiger partial charge is 0.329 e. The molecule has 1 aromatic carbocycles. The normalized spacial score (nSPS) is 12.8. The first kappa shape index (κ1) is 17.8. The minimum absolute atomic E-state index is 0.316. The minimum atomic E-state index is -0.565. The summed E-state index contributed by atoms with van der Waals surface area (Å²) >= 11 is 0. The van der Waals surface area contributed by atoms with Gasteiger partial charge in [0.15, 0.2) is 0 Å². The molecule has 136 valence electrons. The number of rotatable bonds is 5. The third-order valence-electron chi connectivity index (χ3n) is 3.68. The minimum Gasteiger partial charge on any atom is -0.458 e. The molecule has 2 heterocycles. The third-order valence-corrected chi connectivity index (χ3v) is 3.68. The summed E-state index contributed by atoms with van der Waals surface area (Å²) in [6.45, 7) is 7.45. The van der Waals surface area contributed by atoms with Crippen molar-refractivity contribution in [2.24, 2.45) is 0 Å². The Morgan fingerprint density at radius 2 is 2.00 bits per heavy atom. The van der Waals surface area contributed by atoms with Gasteiger partial charge in [0.1, 0.15) is 23.8 Å². The van der Waals surface area contributed by atoms with Crippen molar-refractivity contribution in [1.29, 1.82) is 0 Å². The second-order valence-corrected chi connectivity index (χ2v) is 7.17. The molecule has 0 saturated heterocycles. The first-order chi connectivity index (χ1) is 12.3. The number of nitrogens with one attached hydrogen (secondary N) is 1. The molecular formula is C19H23N5O2. The number of fused-ring (bicyclic) bond motifs is 1. The van der Waals surface area contributed by atoms with Gasteiger partial charge in [0, 0.05) is 18.2 Å². The predicted molar refractivity (Wildman–Crippen MR) is 98.9 cm³/mol. The van der Waals surface area contributed by atoms with Gasteiger partial charge in [-0.3, -0.25) is 0 Å². The average Bonchev–Trinajstić information content (AvgIpc) is 3.02. The molecule has 2 aromatic heterocycles. The summed E-state index contributed by atoms with van der Waals surface area (Å²) in [6, 6.07) is 11.1. The summed E-state index contributed by atoms with van der Waals surface area (Å²) < 4.78 is 7.18. The summed E-state index contributed by atoms with van der Waals surface area (Å²) in [5.74, 6) is 0.816. The van der Waals surface area contributed by atoms with E-state index in [1.165, 1.54) is 6.33 Å². The lowest BCUT2D eigenvalue weighted by Crippen LogP contribution is -2.38. The van der Waals surface area contributed by atoms with Crippen LogP contribution in [-0.2, 0) is 16.0 Å². The van der Waals surface area contributed by atoms with E-state index < -0.39 is 11.6 Å². The molecule has 0 aliphatic carbocycles. The largest absolute Gasteiger partial charge is 0.458 e. The fourth-order valence-electron chi connectivity index (χ4n) is 2.63. The average molecular weight is 353 g/mol. The van der Waals surface area contributed by atoms with Gasteiger partial charge in [0.25, 0.3) is 5.78 Å². The van der Waals surface area contributed by atoms with Crippen molar-refractivity contribution in [3.63, 3.8) is 0 Å². The molecule has 0 bridgehead atoms. The van der Waals surface area contributed by atoms with Crippen molar-refractivity contribution in [2.45, 2.75) is 45.8 Å². The zero-order valence-electron chi connectivity index (χ0n) is 15.4. The Morgan fingerprint density at radius 3 is 2.69 bits per heavy atom. The molecule has 7 nitrogen and oxygen atoms in total. The van der Waals surface area contributed by atoms with Gasteiger partial charge in [0.2, 0.25) is 0 Å². The van der Waals surface area contributed by atoms with Crippen molar-refractivity contribution in [2.75, 3.05) is 5.32 Å². The summed E-state index contributed by atoms with van der Waals surface area (Å²) in [6.07, 6.45) is 1.93. The van der Waals surface area contributed by atoms with Gasteiger partial charge >= 0.3 is 5.97 Å². The maximum Gasteiger partial charge on any atom is 0.329 e. The molecule has 0 amide bonds. The zero-order valence-corrected chi connectivity index (χ0v) is 15.4. The fraction of sp³-hybridized carbons (Fsp3) is 0.368. The van der Waals surface area contributed by atoms with Crippen LogP contribution < -0.4 is 5.32 Å². The lowest BCUT2D eigenvalue weighted by atomic mass is 10.1. The molecule has 3 rings (SSSR count). The summed E-state index contributed by atoms with van der Waals surface area (Å²) in [5, 5.41) is 7.45. The number of aryl methyl sites for hydroxylation is 1. The number of hydrogen-bond acceptors (Lipinski definition) is 6. The summed E-state index contributed by atoms with van der Waals surface area (Å²) in [5.41, 5.74) is 1.26. The van der Waals surface area contributed by atoms with Crippen molar-refractivity contribution in [3.05, 3.63) is 54.0 Å². The maximum atomic E-state index is 12.8. The molecule has 1 unspecified atom stereocenters. The Morgan fingerprint density at radius 1 is 1.27 bits per heavy atom.